The Labute approximate surface area is 122 Å². The Kier molecular flexibility index (Phi) is 3.32. The number of hydrogen-bond donors (Lipinski definition) is 2. The van der Waals surface area contributed by atoms with Crippen LogP contribution in [0.2, 0.25) is 0 Å². The molecule has 3 rings (SSSR count). The van der Waals surface area contributed by atoms with Gasteiger partial charge in [0.1, 0.15) is 0 Å². The van der Waals surface area contributed by atoms with Gasteiger partial charge in [0, 0.05) is 10.9 Å². The van der Waals surface area contributed by atoms with Gasteiger partial charge >= 0.3 is 5.97 Å². The van der Waals surface area contributed by atoms with Crippen LogP contribution in [0.5, 0.6) is 0 Å². The lowest BCUT2D eigenvalue weighted by molar-refractivity contribution is -0.148. The van der Waals surface area contributed by atoms with Crippen molar-refractivity contribution in [3.63, 3.8) is 0 Å². The highest BCUT2D eigenvalue weighted by molar-refractivity contribution is 7.14. The molecule has 0 aliphatic heterocycles. The van der Waals surface area contributed by atoms with E-state index in [-0.39, 0.29) is 11.9 Å². The Morgan fingerprint density at radius 1 is 1.40 bits per heavy atom. The van der Waals surface area contributed by atoms with Crippen LogP contribution in [0.1, 0.15) is 52.7 Å². The summed E-state index contributed by atoms with van der Waals surface area (Å²) in [7, 11) is 0. The number of aryl methyl sites for hydroxylation is 2. The predicted molar refractivity (Wildman–Crippen MR) is 77.2 cm³/mol. The second kappa shape index (κ2) is 4.88. The fourth-order valence-electron chi connectivity index (χ4n) is 3.32. The van der Waals surface area contributed by atoms with Crippen LogP contribution < -0.4 is 5.32 Å². The first-order valence-electron chi connectivity index (χ1n) is 7.16. The van der Waals surface area contributed by atoms with Crippen LogP contribution in [0, 0.1) is 5.41 Å². The van der Waals surface area contributed by atoms with Crippen LogP contribution >= 0.6 is 11.3 Å². The van der Waals surface area contributed by atoms with Crippen molar-refractivity contribution in [1.29, 1.82) is 0 Å². The van der Waals surface area contributed by atoms with Gasteiger partial charge in [-0.15, -0.1) is 11.3 Å². The molecule has 108 valence electrons. The van der Waals surface area contributed by atoms with Crippen molar-refractivity contribution in [3.05, 3.63) is 21.4 Å². The first kappa shape index (κ1) is 13.6. The highest BCUT2D eigenvalue weighted by Gasteiger charge is 2.46. The molecule has 0 saturated heterocycles. The number of carbonyl (C=O) groups excluding carboxylic acids is 1. The molecule has 2 N–H and O–H groups in total. The monoisotopic (exact) mass is 293 g/mol. The van der Waals surface area contributed by atoms with Crippen molar-refractivity contribution in [2.75, 3.05) is 0 Å². The fourth-order valence-corrected chi connectivity index (χ4v) is 4.48. The number of carboxylic acid groups (broad SMARTS) is 1. The molecule has 2 aliphatic carbocycles. The van der Waals surface area contributed by atoms with E-state index in [1.54, 1.807) is 18.3 Å². The summed E-state index contributed by atoms with van der Waals surface area (Å²) in [6.07, 6.45) is 5.56. The topological polar surface area (TPSA) is 66.4 Å². The number of rotatable bonds is 3. The smallest absolute Gasteiger partial charge is 0.311 e. The fraction of sp³-hybridized carbons (Fsp3) is 0.600. The lowest BCUT2D eigenvalue weighted by Crippen LogP contribution is -2.46. The Morgan fingerprint density at radius 3 is 2.90 bits per heavy atom. The molecule has 1 aromatic heterocycles. The molecular formula is C15H19NO3S. The second-order valence-electron chi connectivity index (χ2n) is 6.05. The summed E-state index contributed by atoms with van der Waals surface area (Å²) >= 11 is 1.56. The van der Waals surface area contributed by atoms with E-state index >= 15 is 0 Å². The van der Waals surface area contributed by atoms with Gasteiger partial charge in [-0.1, -0.05) is 6.42 Å². The lowest BCUT2D eigenvalue weighted by atomic mass is 9.85. The summed E-state index contributed by atoms with van der Waals surface area (Å²) in [6, 6.07) is 1.72. The van der Waals surface area contributed by atoms with E-state index in [9.17, 15) is 14.7 Å². The van der Waals surface area contributed by atoms with Crippen molar-refractivity contribution in [3.8, 4) is 0 Å². The molecule has 4 nitrogen and oxygen atoms in total. The third-order valence-electron chi connectivity index (χ3n) is 4.72. The quantitative estimate of drug-likeness (QED) is 0.900. The zero-order valence-corrected chi connectivity index (χ0v) is 12.4. The normalized spacial score (nSPS) is 28.4. The van der Waals surface area contributed by atoms with Crippen molar-refractivity contribution in [1.82, 2.24) is 5.32 Å². The van der Waals surface area contributed by atoms with Gasteiger partial charge in [-0.3, -0.25) is 9.59 Å². The Balaban J connectivity index is 1.73. The number of carbonyl (C=O) groups is 2. The van der Waals surface area contributed by atoms with Crippen molar-refractivity contribution >= 4 is 23.2 Å². The maximum atomic E-state index is 12.3. The summed E-state index contributed by atoms with van der Waals surface area (Å²) in [6.45, 7) is 1.74. The van der Waals surface area contributed by atoms with Gasteiger partial charge in [-0.2, -0.15) is 0 Å². The minimum absolute atomic E-state index is 0.108. The molecule has 1 aromatic rings. The largest absolute Gasteiger partial charge is 0.481 e. The SMILES string of the molecule is CC1(C(=O)O)CCCC1NC(=O)c1cc2c(s1)CCC2. The van der Waals surface area contributed by atoms with Crippen LogP contribution in [0.25, 0.3) is 0 Å². The molecule has 1 saturated carbocycles. The zero-order chi connectivity index (χ0) is 14.3. The van der Waals surface area contributed by atoms with Crippen LogP contribution in [-0.4, -0.2) is 23.0 Å². The van der Waals surface area contributed by atoms with Gasteiger partial charge in [0.05, 0.1) is 10.3 Å². The van der Waals surface area contributed by atoms with Crippen LogP contribution in [0.4, 0.5) is 0 Å². The molecular weight excluding hydrogens is 274 g/mol. The van der Waals surface area contributed by atoms with Gasteiger partial charge in [-0.05, 0) is 50.7 Å². The van der Waals surface area contributed by atoms with E-state index in [4.69, 9.17) is 0 Å². The molecule has 2 aliphatic rings. The summed E-state index contributed by atoms with van der Waals surface area (Å²) < 4.78 is 0. The molecule has 0 radical (unpaired) electrons. The molecule has 5 heteroatoms. The number of fused-ring (bicyclic) bond motifs is 1. The van der Waals surface area contributed by atoms with E-state index in [1.807, 2.05) is 6.07 Å². The van der Waals surface area contributed by atoms with Crippen LogP contribution in [0.3, 0.4) is 0 Å². The number of aliphatic carboxylic acids is 1. The first-order valence-corrected chi connectivity index (χ1v) is 7.98. The van der Waals surface area contributed by atoms with E-state index in [2.05, 4.69) is 5.32 Å². The number of amides is 1. The molecule has 1 heterocycles. The second-order valence-corrected chi connectivity index (χ2v) is 7.19. The minimum Gasteiger partial charge on any atom is -0.481 e. The summed E-state index contributed by atoms with van der Waals surface area (Å²) in [4.78, 5) is 25.8. The third kappa shape index (κ3) is 2.14. The molecule has 0 bridgehead atoms. The van der Waals surface area contributed by atoms with Gasteiger partial charge in [-0.25, -0.2) is 0 Å². The maximum Gasteiger partial charge on any atom is 0.311 e. The van der Waals surface area contributed by atoms with Gasteiger partial charge in [0.15, 0.2) is 0 Å². The number of carboxylic acids is 1. The van der Waals surface area contributed by atoms with Gasteiger partial charge in [0.2, 0.25) is 0 Å². The highest BCUT2D eigenvalue weighted by atomic mass is 32.1. The molecule has 1 fully saturated rings. The Hall–Kier alpha value is -1.36. The Bertz CT molecular complexity index is 544. The summed E-state index contributed by atoms with van der Waals surface area (Å²) in [5, 5.41) is 12.3. The van der Waals surface area contributed by atoms with E-state index in [0.717, 1.165) is 30.6 Å². The zero-order valence-electron chi connectivity index (χ0n) is 11.6. The molecule has 20 heavy (non-hydrogen) atoms. The number of hydrogen-bond acceptors (Lipinski definition) is 3. The average molecular weight is 293 g/mol. The Morgan fingerprint density at radius 2 is 2.20 bits per heavy atom. The predicted octanol–water partition coefficient (Wildman–Crippen LogP) is 2.61. The van der Waals surface area contributed by atoms with Crippen LogP contribution in [-0.2, 0) is 17.6 Å². The molecule has 1 amide bonds. The van der Waals surface area contributed by atoms with E-state index in [1.165, 1.54) is 16.9 Å². The standard InChI is InChI=1S/C15H19NO3S/c1-15(14(18)19)7-3-6-12(15)16-13(17)11-8-9-4-2-5-10(9)20-11/h8,12H,2-7H2,1H3,(H,16,17)(H,18,19). The summed E-state index contributed by atoms with van der Waals surface area (Å²) in [5.74, 6) is -0.919. The highest BCUT2D eigenvalue weighted by Crippen LogP contribution is 2.38. The van der Waals surface area contributed by atoms with E-state index in [0.29, 0.717) is 6.42 Å². The summed E-state index contributed by atoms with van der Waals surface area (Å²) in [5.41, 5.74) is 0.475. The molecule has 0 aromatic carbocycles. The first-order chi connectivity index (χ1) is 9.50. The number of nitrogens with one attached hydrogen (secondary N) is 1. The van der Waals surface area contributed by atoms with Crippen LogP contribution in [0.15, 0.2) is 6.07 Å². The lowest BCUT2D eigenvalue weighted by Gasteiger charge is -2.27. The molecule has 2 unspecified atom stereocenters. The van der Waals surface area contributed by atoms with Crippen molar-refractivity contribution in [2.24, 2.45) is 5.41 Å². The minimum atomic E-state index is -0.824. The van der Waals surface area contributed by atoms with Gasteiger partial charge in [0.25, 0.3) is 5.91 Å². The maximum absolute atomic E-state index is 12.3. The third-order valence-corrected chi connectivity index (χ3v) is 5.96. The van der Waals surface area contributed by atoms with E-state index < -0.39 is 11.4 Å². The van der Waals surface area contributed by atoms with Gasteiger partial charge < -0.3 is 10.4 Å². The van der Waals surface area contributed by atoms with Crippen molar-refractivity contribution in [2.45, 2.75) is 51.5 Å². The average Bonchev–Trinajstić information content (AvgIpc) is 3.04. The molecule has 0 spiro atoms. The number of thiophene rings is 1. The molecule has 2 atom stereocenters. The van der Waals surface area contributed by atoms with Crippen molar-refractivity contribution < 1.29 is 14.7 Å².